The zero-order valence-corrected chi connectivity index (χ0v) is 5.90. The van der Waals surface area contributed by atoms with Gasteiger partial charge in [0.25, 0.3) is 5.82 Å². The highest BCUT2D eigenvalue weighted by atomic mass is 19.1. The van der Waals surface area contributed by atoms with Gasteiger partial charge in [-0.2, -0.15) is 5.26 Å². The van der Waals surface area contributed by atoms with Gasteiger partial charge in [-0.25, -0.2) is 9.07 Å². The zero-order chi connectivity index (χ0) is 8.27. The molecule has 1 aromatic heterocycles. The molecule has 0 aromatic carbocycles. The highest BCUT2D eigenvalue weighted by Crippen LogP contribution is 1.95. The number of nitriles is 1. The number of halogens is 1. The van der Waals surface area contributed by atoms with Gasteiger partial charge in [0.05, 0.1) is 6.54 Å². The Balaban J connectivity index is 2.79. The number of rotatable bonds is 2. The van der Waals surface area contributed by atoms with Crippen molar-refractivity contribution in [3.63, 3.8) is 0 Å². The predicted octanol–water partition coefficient (Wildman–Crippen LogP) is -0.0972. The van der Waals surface area contributed by atoms with Crippen LogP contribution in [-0.2, 0) is 6.54 Å². The lowest BCUT2D eigenvalue weighted by molar-refractivity contribution is 0.305. The molecule has 0 aliphatic carbocycles. The van der Waals surface area contributed by atoms with E-state index in [1.807, 2.05) is 0 Å². The summed E-state index contributed by atoms with van der Waals surface area (Å²) in [7, 11) is 0. The summed E-state index contributed by atoms with van der Waals surface area (Å²) in [5.41, 5.74) is 0. The number of aromatic nitrogens is 4. The summed E-state index contributed by atoms with van der Waals surface area (Å²) in [6.45, 7) is 1.40. The fourth-order valence-electron chi connectivity index (χ4n) is 0.646. The molecular weight excluding hydrogens is 149 g/mol. The standard InChI is InChI=1S/C5H6FN5/c1-4(6)3-11-5(2-7)8-9-10-11/h4H,3H2,1H3. The molecule has 0 saturated heterocycles. The minimum atomic E-state index is -1.05. The Bertz CT molecular complexity index is 273. The molecule has 0 aliphatic rings. The molecule has 1 unspecified atom stereocenters. The van der Waals surface area contributed by atoms with Gasteiger partial charge in [0.2, 0.25) is 0 Å². The van der Waals surface area contributed by atoms with E-state index in [0.717, 1.165) is 4.68 Å². The average molecular weight is 155 g/mol. The van der Waals surface area contributed by atoms with Gasteiger partial charge in [0, 0.05) is 0 Å². The molecule has 6 heteroatoms. The molecule has 0 fully saturated rings. The van der Waals surface area contributed by atoms with Gasteiger partial charge in [0.1, 0.15) is 12.2 Å². The van der Waals surface area contributed by atoms with Crippen LogP contribution in [0.4, 0.5) is 4.39 Å². The molecule has 5 nitrogen and oxygen atoms in total. The second kappa shape index (κ2) is 3.05. The third kappa shape index (κ3) is 1.70. The van der Waals surface area contributed by atoms with Crippen molar-refractivity contribution in [1.29, 1.82) is 5.26 Å². The van der Waals surface area contributed by atoms with Crippen LogP contribution in [0.5, 0.6) is 0 Å². The molecule has 0 amide bonds. The summed E-state index contributed by atoms with van der Waals surface area (Å²) in [4.78, 5) is 0. The Morgan fingerprint density at radius 3 is 3.09 bits per heavy atom. The summed E-state index contributed by atoms with van der Waals surface area (Å²) in [5, 5.41) is 18.4. The van der Waals surface area contributed by atoms with Crippen molar-refractivity contribution in [1.82, 2.24) is 20.2 Å². The maximum absolute atomic E-state index is 12.4. The van der Waals surface area contributed by atoms with Crippen molar-refractivity contribution in [3.8, 4) is 6.07 Å². The van der Waals surface area contributed by atoms with Crippen LogP contribution in [0.3, 0.4) is 0 Å². The molecule has 0 saturated carbocycles. The number of hydrogen-bond acceptors (Lipinski definition) is 4. The number of hydrogen-bond donors (Lipinski definition) is 0. The monoisotopic (exact) mass is 155 g/mol. The van der Waals surface area contributed by atoms with Gasteiger partial charge in [-0.15, -0.1) is 0 Å². The van der Waals surface area contributed by atoms with Crippen LogP contribution in [0.1, 0.15) is 12.7 Å². The molecule has 0 radical (unpaired) electrons. The number of nitrogens with zero attached hydrogens (tertiary/aromatic N) is 5. The zero-order valence-electron chi connectivity index (χ0n) is 5.90. The third-order valence-corrected chi connectivity index (χ3v) is 1.06. The van der Waals surface area contributed by atoms with Crippen molar-refractivity contribution in [2.75, 3.05) is 0 Å². The molecule has 0 spiro atoms. The van der Waals surface area contributed by atoms with Gasteiger partial charge in [-0.3, -0.25) is 0 Å². The van der Waals surface area contributed by atoms with Crippen molar-refractivity contribution in [3.05, 3.63) is 5.82 Å². The highest BCUT2D eigenvalue weighted by molar-refractivity contribution is 5.05. The fourth-order valence-corrected chi connectivity index (χ4v) is 0.646. The van der Waals surface area contributed by atoms with Crippen molar-refractivity contribution in [2.24, 2.45) is 0 Å². The second-order valence-electron chi connectivity index (χ2n) is 2.08. The van der Waals surface area contributed by atoms with Gasteiger partial charge in [0.15, 0.2) is 0 Å². The first-order chi connectivity index (χ1) is 5.24. The Hall–Kier alpha value is -1.51. The quantitative estimate of drug-likeness (QED) is 0.598. The molecule has 58 valence electrons. The summed E-state index contributed by atoms with van der Waals surface area (Å²) in [6.07, 6.45) is -1.05. The van der Waals surface area contributed by atoms with E-state index in [0.29, 0.717) is 0 Å². The van der Waals surface area contributed by atoms with E-state index in [4.69, 9.17) is 5.26 Å². The van der Waals surface area contributed by atoms with Crippen LogP contribution in [0.15, 0.2) is 0 Å². The molecule has 11 heavy (non-hydrogen) atoms. The van der Waals surface area contributed by atoms with Gasteiger partial charge in [-0.05, 0) is 17.4 Å². The lowest BCUT2D eigenvalue weighted by atomic mass is 10.4. The average Bonchev–Trinajstić information content (AvgIpc) is 2.34. The smallest absolute Gasteiger partial charge is 0.246 e. The second-order valence-corrected chi connectivity index (χ2v) is 2.08. The Morgan fingerprint density at radius 2 is 2.55 bits per heavy atom. The van der Waals surface area contributed by atoms with E-state index < -0.39 is 6.17 Å². The Kier molecular flexibility index (Phi) is 2.11. The van der Waals surface area contributed by atoms with E-state index in [1.165, 1.54) is 6.92 Å². The fraction of sp³-hybridized carbons (Fsp3) is 0.600. The highest BCUT2D eigenvalue weighted by Gasteiger charge is 2.07. The van der Waals surface area contributed by atoms with Gasteiger partial charge < -0.3 is 0 Å². The first-order valence-corrected chi connectivity index (χ1v) is 3.04. The lowest BCUT2D eigenvalue weighted by Crippen LogP contribution is -2.11. The molecule has 1 rings (SSSR count). The topological polar surface area (TPSA) is 67.4 Å². The maximum Gasteiger partial charge on any atom is 0.253 e. The van der Waals surface area contributed by atoms with E-state index >= 15 is 0 Å². The summed E-state index contributed by atoms with van der Waals surface area (Å²) in [6, 6.07) is 1.74. The molecule has 1 atom stereocenters. The maximum atomic E-state index is 12.4. The van der Waals surface area contributed by atoms with E-state index in [9.17, 15) is 4.39 Å². The van der Waals surface area contributed by atoms with Crippen LogP contribution in [0, 0.1) is 11.3 Å². The van der Waals surface area contributed by atoms with Crippen molar-refractivity contribution >= 4 is 0 Å². The normalized spacial score (nSPS) is 12.5. The molecule has 0 N–H and O–H groups in total. The minimum Gasteiger partial charge on any atom is -0.246 e. The van der Waals surface area contributed by atoms with Crippen molar-refractivity contribution < 1.29 is 4.39 Å². The number of alkyl halides is 1. The largest absolute Gasteiger partial charge is 0.253 e. The molecular formula is C5H6FN5. The summed E-state index contributed by atoms with van der Waals surface area (Å²) in [5.74, 6) is 0.0366. The van der Waals surface area contributed by atoms with Crippen LogP contribution < -0.4 is 0 Å². The van der Waals surface area contributed by atoms with E-state index in [2.05, 4.69) is 15.5 Å². The molecule has 0 bridgehead atoms. The number of tetrazole rings is 1. The van der Waals surface area contributed by atoms with E-state index in [1.54, 1.807) is 6.07 Å². The Labute approximate surface area is 62.4 Å². The van der Waals surface area contributed by atoms with Crippen LogP contribution in [0.2, 0.25) is 0 Å². The summed E-state index contributed by atoms with van der Waals surface area (Å²) >= 11 is 0. The van der Waals surface area contributed by atoms with Crippen molar-refractivity contribution in [2.45, 2.75) is 19.6 Å². The first-order valence-electron chi connectivity index (χ1n) is 3.04. The SMILES string of the molecule is CC(F)Cn1nnnc1C#N. The predicted molar refractivity (Wildman–Crippen MR) is 33.1 cm³/mol. The van der Waals surface area contributed by atoms with Gasteiger partial charge in [-0.1, -0.05) is 5.10 Å². The lowest BCUT2D eigenvalue weighted by Gasteiger charge is -1.98. The summed E-state index contributed by atoms with van der Waals surface area (Å²) < 4.78 is 13.5. The Morgan fingerprint density at radius 1 is 1.82 bits per heavy atom. The molecule has 1 heterocycles. The van der Waals surface area contributed by atoms with Crippen LogP contribution in [-0.4, -0.2) is 26.4 Å². The van der Waals surface area contributed by atoms with Crippen LogP contribution >= 0.6 is 0 Å². The molecule has 1 aromatic rings. The minimum absolute atomic E-state index is 0.0237. The van der Waals surface area contributed by atoms with E-state index in [-0.39, 0.29) is 12.4 Å². The van der Waals surface area contributed by atoms with Crippen LogP contribution in [0.25, 0.3) is 0 Å². The first kappa shape index (κ1) is 7.60. The third-order valence-electron chi connectivity index (χ3n) is 1.06. The molecule has 0 aliphatic heterocycles. The van der Waals surface area contributed by atoms with Gasteiger partial charge >= 0.3 is 0 Å².